The van der Waals surface area contributed by atoms with Crippen LogP contribution in [0.25, 0.3) is 10.2 Å². The van der Waals surface area contributed by atoms with E-state index in [0.717, 1.165) is 10.2 Å². The summed E-state index contributed by atoms with van der Waals surface area (Å²) in [6.07, 6.45) is 1.18. The highest BCUT2D eigenvalue weighted by Gasteiger charge is 2.20. The number of para-hydroxylation sites is 1. The van der Waals surface area contributed by atoms with Gasteiger partial charge in [-0.15, -0.1) is 0 Å². The molecular formula is C18H18N2O3S2. The van der Waals surface area contributed by atoms with Gasteiger partial charge in [0.25, 0.3) is 5.91 Å². The first-order valence-electron chi connectivity index (χ1n) is 7.81. The molecule has 0 aliphatic heterocycles. The van der Waals surface area contributed by atoms with Gasteiger partial charge < -0.3 is 0 Å². The Balaban J connectivity index is 1.93. The molecule has 0 N–H and O–H groups in total. The van der Waals surface area contributed by atoms with Crippen LogP contribution in [0.5, 0.6) is 0 Å². The molecule has 1 amide bonds. The first-order chi connectivity index (χ1) is 11.9. The van der Waals surface area contributed by atoms with Gasteiger partial charge in [0.1, 0.15) is 0 Å². The number of hydrogen-bond acceptors (Lipinski definition) is 5. The standard InChI is InChI=1S/C18H18N2O3S2/c1-3-20(18-19-15-9-4-5-10-16(15)24-18)17(21)14-8-6-7-13(11-14)12-25(2,22)23/h4-11H,3,12H2,1-2H3. The lowest BCUT2D eigenvalue weighted by molar-refractivity contribution is 0.0988. The van der Waals surface area contributed by atoms with Crippen molar-refractivity contribution in [2.75, 3.05) is 17.7 Å². The van der Waals surface area contributed by atoms with Crippen molar-refractivity contribution < 1.29 is 13.2 Å². The summed E-state index contributed by atoms with van der Waals surface area (Å²) in [5, 5.41) is 0.641. The van der Waals surface area contributed by atoms with Gasteiger partial charge in [0, 0.05) is 18.4 Å². The van der Waals surface area contributed by atoms with Crippen molar-refractivity contribution in [3.05, 3.63) is 59.7 Å². The fourth-order valence-electron chi connectivity index (χ4n) is 2.59. The van der Waals surface area contributed by atoms with Crippen LogP contribution >= 0.6 is 11.3 Å². The van der Waals surface area contributed by atoms with Crippen LogP contribution in [-0.2, 0) is 15.6 Å². The Morgan fingerprint density at radius 2 is 1.92 bits per heavy atom. The maximum absolute atomic E-state index is 12.9. The minimum absolute atomic E-state index is 0.0820. The van der Waals surface area contributed by atoms with Gasteiger partial charge in [0.2, 0.25) is 0 Å². The highest BCUT2D eigenvalue weighted by atomic mass is 32.2. The molecule has 0 atom stereocenters. The molecule has 3 rings (SSSR count). The molecule has 0 radical (unpaired) electrons. The molecule has 0 fully saturated rings. The van der Waals surface area contributed by atoms with Crippen LogP contribution in [-0.4, -0.2) is 32.1 Å². The molecule has 0 aliphatic carbocycles. The SMILES string of the molecule is CCN(C(=O)c1cccc(CS(C)(=O)=O)c1)c1nc2ccccc2s1. The third-order valence-electron chi connectivity index (χ3n) is 3.68. The Kier molecular flexibility index (Phi) is 4.87. The molecule has 0 spiro atoms. The number of aromatic nitrogens is 1. The number of sulfone groups is 1. The Labute approximate surface area is 150 Å². The average molecular weight is 374 g/mol. The molecule has 0 bridgehead atoms. The average Bonchev–Trinajstić information content (AvgIpc) is 2.97. The van der Waals surface area contributed by atoms with Crippen molar-refractivity contribution in [3.63, 3.8) is 0 Å². The molecule has 2 aromatic carbocycles. The molecule has 0 saturated heterocycles. The topological polar surface area (TPSA) is 67.3 Å². The molecule has 1 heterocycles. The fourth-order valence-corrected chi connectivity index (χ4v) is 4.41. The number of rotatable bonds is 5. The maximum Gasteiger partial charge on any atom is 0.260 e. The molecule has 1 aromatic heterocycles. The second-order valence-corrected chi connectivity index (χ2v) is 8.93. The van der Waals surface area contributed by atoms with Crippen molar-refractivity contribution in [3.8, 4) is 0 Å². The van der Waals surface area contributed by atoms with Crippen molar-refractivity contribution in [2.45, 2.75) is 12.7 Å². The molecular weight excluding hydrogens is 356 g/mol. The number of carbonyl (C=O) groups excluding carboxylic acids is 1. The van der Waals surface area contributed by atoms with Gasteiger partial charge in [0.15, 0.2) is 15.0 Å². The van der Waals surface area contributed by atoms with Gasteiger partial charge in [-0.25, -0.2) is 13.4 Å². The van der Waals surface area contributed by atoms with Crippen molar-refractivity contribution in [1.29, 1.82) is 0 Å². The zero-order chi connectivity index (χ0) is 18.0. The maximum atomic E-state index is 12.9. The molecule has 5 nitrogen and oxygen atoms in total. The van der Waals surface area contributed by atoms with Crippen LogP contribution in [0, 0.1) is 0 Å². The molecule has 25 heavy (non-hydrogen) atoms. The Hall–Kier alpha value is -2.25. The monoisotopic (exact) mass is 374 g/mol. The zero-order valence-electron chi connectivity index (χ0n) is 14.0. The summed E-state index contributed by atoms with van der Waals surface area (Å²) in [5.74, 6) is -0.265. The first-order valence-corrected chi connectivity index (χ1v) is 10.7. The molecule has 3 aromatic rings. The van der Waals surface area contributed by atoms with Gasteiger partial charge >= 0.3 is 0 Å². The van der Waals surface area contributed by atoms with Gasteiger partial charge in [-0.3, -0.25) is 9.69 Å². The predicted molar refractivity (Wildman–Crippen MR) is 102 cm³/mol. The second-order valence-electron chi connectivity index (χ2n) is 5.78. The lowest BCUT2D eigenvalue weighted by atomic mass is 10.1. The van der Waals surface area contributed by atoms with E-state index < -0.39 is 9.84 Å². The van der Waals surface area contributed by atoms with E-state index in [2.05, 4.69) is 4.98 Å². The third kappa shape index (κ3) is 4.05. The number of carbonyl (C=O) groups is 1. The summed E-state index contributed by atoms with van der Waals surface area (Å²) >= 11 is 1.47. The largest absolute Gasteiger partial charge is 0.284 e. The van der Waals surface area contributed by atoms with Crippen LogP contribution in [0.2, 0.25) is 0 Å². The number of fused-ring (bicyclic) bond motifs is 1. The number of hydrogen-bond donors (Lipinski definition) is 0. The Bertz CT molecular complexity index is 992. The predicted octanol–water partition coefficient (Wildman–Crippen LogP) is 3.51. The summed E-state index contributed by atoms with van der Waals surface area (Å²) in [4.78, 5) is 19.1. The molecule has 0 saturated carbocycles. The van der Waals surface area contributed by atoms with E-state index in [9.17, 15) is 13.2 Å². The highest BCUT2D eigenvalue weighted by molar-refractivity contribution is 7.89. The summed E-state index contributed by atoms with van der Waals surface area (Å²) in [7, 11) is -3.15. The van der Waals surface area contributed by atoms with Crippen molar-refractivity contribution in [2.24, 2.45) is 0 Å². The van der Waals surface area contributed by atoms with Crippen LogP contribution in [0.4, 0.5) is 5.13 Å². The number of anilines is 1. The molecule has 130 valence electrons. The lowest BCUT2D eigenvalue weighted by Gasteiger charge is -2.18. The quantitative estimate of drug-likeness (QED) is 0.685. The summed E-state index contributed by atoms with van der Waals surface area (Å²) in [6.45, 7) is 2.37. The summed E-state index contributed by atoms with van der Waals surface area (Å²) in [6, 6.07) is 14.5. The first kappa shape index (κ1) is 17.6. The summed E-state index contributed by atoms with van der Waals surface area (Å²) in [5.41, 5.74) is 1.93. The Morgan fingerprint density at radius 1 is 1.16 bits per heavy atom. The normalized spacial score (nSPS) is 11.6. The lowest BCUT2D eigenvalue weighted by Crippen LogP contribution is -2.30. The summed E-state index contributed by atoms with van der Waals surface area (Å²) < 4.78 is 24.0. The van der Waals surface area contributed by atoms with E-state index in [-0.39, 0.29) is 11.7 Å². The third-order valence-corrected chi connectivity index (χ3v) is 5.59. The van der Waals surface area contributed by atoms with Gasteiger partial charge in [-0.05, 0) is 36.8 Å². The number of amides is 1. The van der Waals surface area contributed by atoms with E-state index >= 15 is 0 Å². The van der Waals surface area contributed by atoms with Crippen molar-refractivity contribution in [1.82, 2.24) is 4.98 Å². The van der Waals surface area contributed by atoms with Gasteiger partial charge in [-0.2, -0.15) is 0 Å². The van der Waals surface area contributed by atoms with Crippen LogP contribution in [0.1, 0.15) is 22.8 Å². The highest BCUT2D eigenvalue weighted by Crippen LogP contribution is 2.29. The smallest absolute Gasteiger partial charge is 0.260 e. The molecule has 7 heteroatoms. The van der Waals surface area contributed by atoms with E-state index in [1.54, 1.807) is 29.2 Å². The minimum atomic E-state index is -3.15. The second kappa shape index (κ2) is 6.93. The van der Waals surface area contributed by atoms with E-state index in [0.29, 0.717) is 22.8 Å². The number of thiazole rings is 1. The number of nitrogens with zero attached hydrogens (tertiary/aromatic N) is 2. The number of benzene rings is 2. The van der Waals surface area contributed by atoms with Gasteiger partial charge in [-0.1, -0.05) is 35.6 Å². The molecule has 0 unspecified atom stereocenters. The fraction of sp³-hybridized carbons (Fsp3) is 0.222. The molecule has 0 aliphatic rings. The Morgan fingerprint density at radius 3 is 2.60 bits per heavy atom. The van der Waals surface area contributed by atoms with Crippen LogP contribution in [0.15, 0.2) is 48.5 Å². The zero-order valence-corrected chi connectivity index (χ0v) is 15.6. The van der Waals surface area contributed by atoms with Crippen molar-refractivity contribution >= 4 is 42.4 Å². The van der Waals surface area contributed by atoms with E-state index in [4.69, 9.17) is 0 Å². The van der Waals surface area contributed by atoms with Crippen LogP contribution < -0.4 is 4.90 Å². The van der Waals surface area contributed by atoms with Crippen LogP contribution in [0.3, 0.4) is 0 Å². The van der Waals surface area contributed by atoms with Gasteiger partial charge in [0.05, 0.1) is 16.0 Å². The van der Waals surface area contributed by atoms with E-state index in [1.807, 2.05) is 31.2 Å². The van der Waals surface area contributed by atoms with E-state index in [1.165, 1.54) is 17.6 Å². The minimum Gasteiger partial charge on any atom is -0.284 e.